The van der Waals surface area contributed by atoms with Crippen LogP contribution in [-0.4, -0.2) is 19.1 Å². The second kappa shape index (κ2) is 14.7. The minimum atomic E-state index is -0.111. The summed E-state index contributed by atoms with van der Waals surface area (Å²) in [4.78, 5) is 24.6. The van der Waals surface area contributed by atoms with E-state index in [9.17, 15) is 4.79 Å². The van der Waals surface area contributed by atoms with E-state index in [4.69, 9.17) is 9.97 Å². The first-order valence-electron chi connectivity index (χ1n) is 20.1. The average molecular weight is 769 g/mol. The van der Waals surface area contributed by atoms with Crippen LogP contribution in [0.5, 0.6) is 0 Å². The fourth-order valence-corrected chi connectivity index (χ4v) is 8.66. The molecular weight excluding hydrogens is 733 g/mol. The molecule has 0 aliphatic carbocycles. The second-order valence-corrected chi connectivity index (χ2v) is 14.9. The van der Waals surface area contributed by atoms with Crippen molar-refractivity contribution in [3.05, 3.63) is 229 Å². The lowest BCUT2D eigenvalue weighted by Gasteiger charge is -2.18. The molecule has 2 aromatic heterocycles. The summed E-state index contributed by atoms with van der Waals surface area (Å²) in [5.41, 5.74) is 12.4. The standard InChI is InChI=1S/C55H36N4O/c60-55-58(42-24-9-3-10-25-42)50-33-32-41(35-51(50)59(55)43-26-11-4-12-27-43)53-46-30-15-13-28-44(46)52(45-29-14-16-31-47(45)53)40-23-17-22-39(34-40)49-36-48(37-18-5-1-6-19-37)56-54(57-49)38-20-7-2-8-21-38/h1-36H. The Morgan fingerprint density at radius 3 is 1.28 bits per heavy atom. The van der Waals surface area contributed by atoms with Gasteiger partial charge in [0.25, 0.3) is 0 Å². The third-order valence-corrected chi connectivity index (χ3v) is 11.4. The highest BCUT2D eigenvalue weighted by Crippen LogP contribution is 2.45. The first kappa shape index (κ1) is 35.0. The van der Waals surface area contributed by atoms with Crippen molar-refractivity contribution >= 4 is 32.6 Å². The van der Waals surface area contributed by atoms with Gasteiger partial charge in [-0.1, -0.05) is 170 Å². The maximum absolute atomic E-state index is 14.4. The predicted molar refractivity (Wildman–Crippen MR) is 247 cm³/mol. The molecule has 282 valence electrons. The highest BCUT2D eigenvalue weighted by atomic mass is 16.1. The fourth-order valence-electron chi connectivity index (χ4n) is 8.66. The van der Waals surface area contributed by atoms with E-state index < -0.39 is 0 Å². The van der Waals surface area contributed by atoms with Gasteiger partial charge in [-0.05, 0) is 92.3 Å². The Morgan fingerprint density at radius 2 is 0.733 bits per heavy atom. The molecule has 11 rings (SSSR count). The van der Waals surface area contributed by atoms with Crippen LogP contribution >= 0.6 is 0 Å². The summed E-state index contributed by atoms with van der Waals surface area (Å²) in [6, 6.07) is 74.8. The third-order valence-electron chi connectivity index (χ3n) is 11.4. The predicted octanol–water partition coefficient (Wildman–Crippen LogP) is 13.2. The van der Waals surface area contributed by atoms with Crippen LogP contribution in [0, 0.1) is 0 Å². The summed E-state index contributed by atoms with van der Waals surface area (Å²) in [6.45, 7) is 0. The highest BCUT2D eigenvalue weighted by Gasteiger charge is 2.21. The van der Waals surface area contributed by atoms with E-state index in [2.05, 4.69) is 121 Å². The van der Waals surface area contributed by atoms with Crippen LogP contribution in [-0.2, 0) is 0 Å². The van der Waals surface area contributed by atoms with Crippen molar-refractivity contribution < 1.29 is 0 Å². The van der Waals surface area contributed by atoms with E-state index in [1.54, 1.807) is 0 Å². The molecule has 0 aliphatic heterocycles. The smallest absolute Gasteiger partial charge is 0.260 e. The van der Waals surface area contributed by atoms with Crippen LogP contribution in [0.1, 0.15) is 0 Å². The third kappa shape index (κ3) is 6.00. The zero-order chi connectivity index (χ0) is 40.0. The number of aromatic nitrogens is 4. The Balaban J connectivity index is 1.12. The van der Waals surface area contributed by atoms with Gasteiger partial charge >= 0.3 is 5.69 Å². The summed E-state index contributed by atoms with van der Waals surface area (Å²) in [7, 11) is 0. The van der Waals surface area contributed by atoms with Gasteiger partial charge in [0.05, 0.1) is 33.8 Å². The minimum absolute atomic E-state index is 0.111. The molecule has 5 nitrogen and oxygen atoms in total. The van der Waals surface area contributed by atoms with Crippen molar-refractivity contribution in [1.82, 2.24) is 19.1 Å². The number of rotatable bonds is 7. The number of para-hydroxylation sites is 2. The topological polar surface area (TPSA) is 52.7 Å². The van der Waals surface area contributed by atoms with Gasteiger partial charge in [-0.25, -0.2) is 14.8 Å². The highest BCUT2D eigenvalue weighted by molar-refractivity contribution is 6.21. The van der Waals surface area contributed by atoms with Gasteiger partial charge < -0.3 is 0 Å². The monoisotopic (exact) mass is 768 g/mol. The van der Waals surface area contributed by atoms with Gasteiger partial charge in [0, 0.05) is 16.7 Å². The molecule has 0 saturated heterocycles. The molecule has 0 saturated carbocycles. The van der Waals surface area contributed by atoms with E-state index in [-0.39, 0.29) is 5.69 Å². The van der Waals surface area contributed by atoms with Gasteiger partial charge in [0.1, 0.15) is 0 Å². The molecule has 0 amide bonds. The van der Waals surface area contributed by atoms with Crippen LogP contribution in [0.15, 0.2) is 223 Å². The van der Waals surface area contributed by atoms with E-state index >= 15 is 0 Å². The zero-order valence-electron chi connectivity index (χ0n) is 32.5. The molecule has 0 spiro atoms. The fraction of sp³-hybridized carbons (Fsp3) is 0. The number of hydrogen-bond acceptors (Lipinski definition) is 3. The van der Waals surface area contributed by atoms with E-state index in [1.807, 2.05) is 106 Å². The number of fused-ring (bicyclic) bond motifs is 3. The quantitative estimate of drug-likeness (QED) is 0.152. The van der Waals surface area contributed by atoms with Gasteiger partial charge in [-0.15, -0.1) is 0 Å². The molecule has 0 N–H and O–H groups in total. The normalized spacial score (nSPS) is 11.4. The minimum Gasteiger partial charge on any atom is -0.260 e. The molecule has 0 atom stereocenters. The van der Waals surface area contributed by atoms with Gasteiger partial charge in [0.15, 0.2) is 5.82 Å². The molecule has 60 heavy (non-hydrogen) atoms. The largest absolute Gasteiger partial charge is 0.338 e. The Hall–Kier alpha value is -8.15. The van der Waals surface area contributed by atoms with Crippen LogP contribution in [0.4, 0.5) is 0 Å². The number of benzene rings is 9. The molecule has 11 aromatic rings. The molecule has 2 heterocycles. The Kier molecular flexibility index (Phi) is 8.56. The lowest BCUT2D eigenvalue weighted by molar-refractivity contribution is 0.931. The Bertz CT molecular complexity index is 3310. The molecule has 0 unspecified atom stereocenters. The van der Waals surface area contributed by atoms with E-state index in [1.165, 1.54) is 0 Å². The Labute approximate surface area is 346 Å². The number of imidazole rings is 1. The van der Waals surface area contributed by atoms with Gasteiger partial charge in [0.2, 0.25) is 0 Å². The van der Waals surface area contributed by atoms with E-state index in [0.29, 0.717) is 5.82 Å². The van der Waals surface area contributed by atoms with Crippen molar-refractivity contribution in [1.29, 1.82) is 0 Å². The molecule has 5 heteroatoms. The van der Waals surface area contributed by atoms with Crippen molar-refractivity contribution in [3.8, 4) is 67.5 Å². The van der Waals surface area contributed by atoms with Crippen LogP contribution in [0.2, 0.25) is 0 Å². The average Bonchev–Trinajstić information content (AvgIpc) is 3.62. The lowest BCUT2D eigenvalue weighted by atomic mass is 9.85. The molecule has 0 bridgehead atoms. The first-order valence-corrected chi connectivity index (χ1v) is 20.1. The van der Waals surface area contributed by atoms with Crippen molar-refractivity contribution in [2.24, 2.45) is 0 Å². The maximum Gasteiger partial charge on any atom is 0.338 e. The lowest BCUT2D eigenvalue weighted by Crippen LogP contribution is -2.21. The van der Waals surface area contributed by atoms with Crippen LogP contribution in [0.3, 0.4) is 0 Å². The summed E-state index contributed by atoms with van der Waals surface area (Å²) >= 11 is 0. The maximum atomic E-state index is 14.4. The molecule has 0 aliphatic rings. The second-order valence-electron chi connectivity index (χ2n) is 14.9. The number of hydrogen-bond donors (Lipinski definition) is 0. The first-order chi connectivity index (χ1) is 29.7. The van der Waals surface area contributed by atoms with Crippen molar-refractivity contribution in [2.45, 2.75) is 0 Å². The van der Waals surface area contributed by atoms with Gasteiger partial charge in [-0.2, -0.15) is 0 Å². The number of nitrogens with zero attached hydrogens (tertiary/aromatic N) is 4. The molecular formula is C55H36N4O. The van der Waals surface area contributed by atoms with Crippen LogP contribution in [0.25, 0.3) is 100 Å². The summed E-state index contributed by atoms with van der Waals surface area (Å²) in [5, 5.41) is 4.55. The molecule has 0 fully saturated rings. The van der Waals surface area contributed by atoms with Crippen molar-refractivity contribution in [3.63, 3.8) is 0 Å². The molecule has 0 radical (unpaired) electrons. The molecule has 9 aromatic carbocycles. The van der Waals surface area contributed by atoms with E-state index in [0.717, 1.165) is 94.3 Å². The summed E-state index contributed by atoms with van der Waals surface area (Å²) < 4.78 is 3.64. The van der Waals surface area contributed by atoms with Gasteiger partial charge in [-0.3, -0.25) is 9.13 Å². The summed E-state index contributed by atoms with van der Waals surface area (Å²) in [5.74, 6) is 0.686. The van der Waals surface area contributed by atoms with Crippen LogP contribution < -0.4 is 5.69 Å². The zero-order valence-corrected chi connectivity index (χ0v) is 32.5. The Morgan fingerprint density at radius 1 is 0.317 bits per heavy atom. The van der Waals surface area contributed by atoms with Crippen molar-refractivity contribution in [2.75, 3.05) is 0 Å². The SMILES string of the molecule is O=c1n(-c2ccccc2)c2ccc(-c3c4ccccc4c(-c4cccc(-c5cc(-c6ccccc6)nc(-c6ccccc6)n5)c4)c4ccccc34)cc2n1-c1ccccc1. The summed E-state index contributed by atoms with van der Waals surface area (Å²) in [6.07, 6.45) is 0.